The van der Waals surface area contributed by atoms with Crippen molar-refractivity contribution in [2.45, 2.75) is 39.3 Å². The number of ether oxygens (including phenoxy) is 1. The van der Waals surface area contributed by atoms with Crippen LogP contribution in [0.1, 0.15) is 38.8 Å². The Morgan fingerprint density at radius 1 is 1.37 bits per heavy atom. The summed E-state index contributed by atoms with van der Waals surface area (Å²) in [5, 5.41) is 6.17. The van der Waals surface area contributed by atoms with E-state index in [0.29, 0.717) is 0 Å². The summed E-state index contributed by atoms with van der Waals surface area (Å²) in [4.78, 5) is 11.8. The molecule has 4 nitrogen and oxygen atoms in total. The number of methoxy groups -OCH3 is 1. The van der Waals surface area contributed by atoms with Crippen molar-refractivity contribution in [3.63, 3.8) is 0 Å². The number of benzene rings is 1. The van der Waals surface area contributed by atoms with Crippen LogP contribution in [0.5, 0.6) is 5.75 Å². The number of hydrogen-bond donors (Lipinski definition) is 2. The molecule has 0 aliphatic carbocycles. The van der Waals surface area contributed by atoms with E-state index in [4.69, 9.17) is 4.74 Å². The number of rotatable bonds is 7. The van der Waals surface area contributed by atoms with Crippen molar-refractivity contribution in [1.29, 1.82) is 0 Å². The van der Waals surface area contributed by atoms with Crippen LogP contribution in [0.15, 0.2) is 24.3 Å². The van der Waals surface area contributed by atoms with Gasteiger partial charge in [0.2, 0.25) is 5.91 Å². The summed E-state index contributed by atoms with van der Waals surface area (Å²) in [6.45, 7) is 6.68. The monoisotopic (exact) mass is 264 g/mol. The van der Waals surface area contributed by atoms with Gasteiger partial charge in [0, 0.05) is 12.6 Å². The number of amides is 1. The van der Waals surface area contributed by atoms with Gasteiger partial charge < -0.3 is 10.1 Å². The first-order valence-corrected chi connectivity index (χ1v) is 6.76. The third kappa shape index (κ3) is 4.91. The normalized spacial score (nSPS) is 13.7. The van der Waals surface area contributed by atoms with Crippen LogP contribution in [-0.2, 0) is 4.79 Å². The number of nitrogens with one attached hydrogen (secondary N) is 2. The van der Waals surface area contributed by atoms with Crippen LogP contribution in [0.4, 0.5) is 0 Å². The first kappa shape index (κ1) is 15.5. The van der Waals surface area contributed by atoms with E-state index in [1.54, 1.807) is 7.11 Å². The fraction of sp³-hybridized carbons (Fsp3) is 0.533. The summed E-state index contributed by atoms with van der Waals surface area (Å²) in [5.41, 5.74) is 1.11. The smallest absolute Gasteiger partial charge is 0.236 e. The molecule has 0 bridgehead atoms. The van der Waals surface area contributed by atoms with Gasteiger partial charge in [-0.1, -0.05) is 19.1 Å². The molecule has 0 aliphatic rings. The molecule has 0 saturated carbocycles. The van der Waals surface area contributed by atoms with E-state index >= 15 is 0 Å². The average molecular weight is 264 g/mol. The highest BCUT2D eigenvalue weighted by Gasteiger charge is 2.15. The Balaban J connectivity index is 2.57. The van der Waals surface area contributed by atoms with E-state index in [9.17, 15) is 4.79 Å². The maximum absolute atomic E-state index is 11.8. The third-order valence-electron chi connectivity index (χ3n) is 3.04. The molecule has 1 rings (SSSR count). The highest BCUT2D eigenvalue weighted by Crippen LogP contribution is 2.19. The maximum Gasteiger partial charge on any atom is 0.236 e. The molecule has 0 aromatic heterocycles. The van der Waals surface area contributed by atoms with Crippen LogP contribution in [0.25, 0.3) is 0 Å². The van der Waals surface area contributed by atoms with Gasteiger partial charge in [0.1, 0.15) is 5.75 Å². The molecule has 2 atom stereocenters. The minimum atomic E-state index is -0.215. The Labute approximate surface area is 115 Å². The third-order valence-corrected chi connectivity index (χ3v) is 3.04. The van der Waals surface area contributed by atoms with E-state index in [0.717, 1.165) is 24.3 Å². The van der Waals surface area contributed by atoms with Crippen LogP contribution in [-0.4, -0.2) is 25.6 Å². The molecule has 0 radical (unpaired) electrons. The van der Waals surface area contributed by atoms with Crippen LogP contribution < -0.4 is 15.4 Å². The molecule has 1 aromatic rings. The molecule has 0 saturated heterocycles. The lowest BCUT2D eigenvalue weighted by molar-refractivity contribution is -0.122. The summed E-state index contributed by atoms with van der Waals surface area (Å²) < 4.78 is 5.20. The fourth-order valence-corrected chi connectivity index (χ4v) is 1.86. The van der Waals surface area contributed by atoms with Gasteiger partial charge in [-0.2, -0.15) is 0 Å². The Kier molecular flexibility index (Phi) is 6.36. The zero-order valence-electron chi connectivity index (χ0n) is 12.2. The predicted molar refractivity (Wildman–Crippen MR) is 77.3 cm³/mol. The maximum atomic E-state index is 11.8. The second-order valence-corrected chi connectivity index (χ2v) is 4.68. The molecular weight excluding hydrogens is 240 g/mol. The fourth-order valence-electron chi connectivity index (χ4n) is 1.86. The topological polar surface area (TPSA) is 50.4 Å². The zero-order chi connectivity index (χ0) is 14.3. The summed E-state index contributed by atoms with van der Waals surface area (Å²) >= 11 is 0. The van der Waals surface area contributed by atoms with Crippen molar-refractivity contribution in [2.75, 3.05) is 13.7 Å². The van der Waals surface area contributed by atoms with Crippen molar-refractivity contribution < 1.29 is 9.53 Å². The average Bonchev–Trinajstić information content (AvgIpc) is 2.44. The molecule has 1 aromatic carbocycles. The number of carbonyl (C=O) groups is 1. The molecule has 0 heterocycles. The first-order chi connectivity index (χ1) is 9.08. The lowest BCUT2D eigenvalue weighted by Crippen LogP contribution is -2.43. The summed E-state index contributed by atoms with van der Waals surface area (Å²) in [7, 11) is 1.65. The lowest BCUT2D eigenvalue weighted by atomic mass is 10.1. The van der Waals surface area contributed by atoms with Crippen molar-refractivity contribution in [3.05, 3.63) is 29.8 Å². The van der Waals surface area contributed by atoms with Crippen LogP contribution in [0.3, 0.4) is 0 Å². The molecular formula is C15H24N2O2. The van der Waals surface area contributed by atoms with Gasteiger partial charge in [-0.15, -0.1) is 0 Å². The van der Waals surface area contributed by atoms with Gasteiger partial charge in [0.15, 0.2) is 0 Å². The van der Waals surface area contributed by atoms with E-state index in [2.05, 4.69) is 10.6 Å². The highest BCUT2D eigenvalue weighted by atomic mass is 16.5. The zero-order valence-corrected chi connectivity index (χ0v) is 12.2. The first-order valence-electron chi connectivity index (χ1n) is 6.76. The molecule has 19 heavy (non-hydrogen) atoms. The van der Waals surface area contributed by atoms with Crippen molar-refractivity contribution in [1.82, 2.24) is 10.6 Å². The molecule has 0 fully saturated rings. The molecule has 1 unspecified atom stereocenters. The Bertz CT molecular complexity index is 407. The molecule has 1 amide bonds. The quantitative estimate of drug-likeness (QED) is 0.794. The Hall–Kier alpha value is -1.55. The minimum absolute atomic E-state index is 0.0385. The lowest BCUT2D eigenvalue weighted by Gasteiger charge is -2.20. The minimum Gasteiger partial charge on any atom is -0.497 e. The Morgan fingerprint density at radius 3 is 2.74 bits per heavy atom. The molecule has 0 aliphatic heterocycles. The van der Waals surface area contributed by atoms with Gasteiger partial charge in [-0.3, -0.25) is 10.1 Å². The second kappa shape index (κ2) is 7.79. The SMILES string of the molecule is CCCNC(=O)C(C)N[C@@H](C)c1cccc(OC)c1. The molecule has 0 spiro atoms. The largest absolute Gasteiger partial charge is 0.497 e. The van der Waals surface area contributed by atoms with Crippen molar-refractivity contribution in [2.24, 2.45) is 0 Å². The van der Waals surface area contributed by atoms with Crippen molar-refractivity contribution >= 4 is 5.91 Å². The van der Waals surface area contributed by atoms with Crippen LogP contribution in [0.2, 0.25) is 0 Å². The second-order valence-electron chi connectivity index (χ2n) is 4.68. The van der Waals surface area contributed by atoms with E-state index in [1.165, 1.54) is 0 Å². The molecule has 4 heteroatoms. The van der Waals surface area contributed by atoms with E-state index < -0.39 is 0 Å². The van der Waals surface area contributed by atoms with Crippen molar-refractivity contribution in [3.8, 4) is 5.75 Å². The summed E-state index contributed by atoms with van der Waals surface area (Å²) in [6, 6.07) is 7.75. The number of carbonyl (C=O) groups excluding carboxylic acids is 1. The van der Waals surface area contributed by atoms with E-state index in [1.807, 2.05) is 45.0 Å². The van der Waals surface area contributed by atoms with Gasteiger partial charge in [-0.05, 0) is 38.0 Å². The van der Waals surface area contributed by atoms with Gasteiger partial charge in [0.25, 0.3) is 0 Å². The number of hydrogen-bond acceptors (Lipinski definition) is 3. The van der Waals surface area contributed by atoms with Gasteiger partial charge >= 0.3 is 0 Å². The van der Waals surface area contributed by atoms with E-state index in [-0.39, 0.29) is 18.0 Å². The van der Waals surface area contributed by atoms with Gasteiger partial charge in [-0.25, -0.2) is 0 Å². The summed E-state index contributed by atoms with van der Waals surface area (Å²) in [5.74, 6) is 0.867. The van der Waals surface area contributed by atoms with Crippen LogP contribution in [0, 0.1) is 0 Å². The highest BCUT2D eigenvalue weighted by molar-refractivity contribution is 5.81. The molecule has 106 valence electrons. The predicted octanol–water partition coefficient (Wildman–Crippen LogP) is 2.26. The van der Waals surface area contributed by atoms with Crippen LogP contribution >= 0.6 is 0 Å². The summed E-state index contributed by atoms with van der Waals surface area (Å²) in [6.07, 6.45) is 0.948. The standard InChI is InChI=1S/C15H24N2O2/c1-5-9-16-15(18)12(3)17-11(2)13-7-6-8-14(10-13)19-4/h6-8,10-12,17H,5,9H2,1-4H3,(H,16,18)/t11-,12?/m0/s1. The molecule has 2 N–H and O–H groups in total. The Morgan fingerprint density at radius 2 is 2.11 bits per heavy atom. The van der Waals surface area contributed by atoms with Gasteiger partial charge in [0.05, 0.1) is 13.2 Å².